The Kier molecular flexibility index (Phi) is 6.13. The fraction of sp³-hybridized carbons (Fsp3) is 0.211. The van der Waals surface area contributed by atoms with Gasteiger partial charge in [0.1, 0.15) is 5.75 Å². The highest BCUT2D eigenvalue weighted by Crippen LogP contribution is 2.14. The largest absolute Gasteiger partial charge is 0.497 e. The third kappa shape index (κ3) is 5.08. The highest BCUT2D eigenvalue weighted by Gasteiger charge is 2.14. The summed E-state index contributed by atoms with van der Waals surface area (Å²) in [4.78, 5) is 25.5. The number of esters is 1. The lowest BCUT2D eigenvalue weighted by Gasteiger charge is -2.17. The topological polar surface area (TPSA) is 79.6 Å². The molecule has 1 amide bonds. The van der Waals surface area contributed by atoms with Crippen molar-refractivity contribution in [2.24, 2.45) is 0 Å². The van der Waals surface area contributed by atoms with Gasteiger partial charge in [0.25, 0.3) is 5.91 Å². The average molecular weight is 338 g/mol. The van der Waals surface area contributed by atoms with Gasteiger partial charge in [-0.3, -0.25) is 4.79 Å². The molecule has 0 saturated heterocycles. The maximum atomic E-state index is 12.1. The minimum absolute atomic E-state index is 0.294. The summed E-state index contributed by atoms with van der Waals surface area (Å²) in [6.45, 7) is 0.0315. The van der Waals surface area contributed by atoms with Crippen molar-refractivity contribution >= 4 is 11.9 Å². The molecule has 128 valence electrons. The van der Waals surface area contributed by atoms with Gasteiger partial charge in [0.05, 0.1) is 24.3 Å². The highest BCUT2D eigenvalue weighted by molar-refractivity contribution is 5.91. The predicted molar refractivity (Wildman–Crippen MR) is 90.9 cm³/mol. The first-order chi connectivity index (χ1) is 12.0. The number of hydrogen-bond donors (Lipinski definition) is 0. The van der Waals surface area contributed by atoms with E-state index in [1.165, 1.54) is 29.2 Å². The number of rotatable bonds is 6. The number of methoxy groups -OCH3 is 1. The van der Waals surface area contributed by atoms with E-state index in [1.807, 2.05) is 30.3 Å². The number of ether oxygens (including phenoxy) is 2. The molecule has 0 N–H and O–H groups in total. The summed E-state index contributed by atoms with van der Waals surface area (Å²) < 4.78 is 10.2. The molecule has 0 bridgehead atoms. The lowest BCUT2D eigenvalue weighted by Crippen LogP contribution is -2.30. The van der Waals surface area contributed by atoms with Gasteiger partial charge in [0.15, 0.2) is 6.61 Å². The average Bonchev–Trinajstić information content (AvgIpc) is 2.65. The summed E-state index contributed by atoms with van der Waals surface area (Å²) in [6, 6.07) is 15.4. The van der Waals surface area contributed by atoms with Crippen molar-refractivity contribution in [3.63, 3.8) is 0 Å². The summed E-state index contributed by atoms with van der Waals surface area (Å²) in [7, 11) is 3.22. The number of likely N-dealkylation sites (N-methyl/N-ethyl adjacent to an activating group) is 1. The third-order valence-electron chi connectivity index (χ3n) is 3.56. The Labute approximate surface area is 146 Å². The second-order valence-corrected chi connectivity index (χ2v) is 5.37. The number of carbonyl (C=O) groups is 2. The van der Waals surface area contributed by atoms with Crippen LogP contribution in [0, 0.1) is 11.3 Å². The van der Waals surface area contributed by atoms with Gasteiger partial charge >= 0.3 is 5.97 Å². The van der Waals surface area contributed by atoms with E-state index in [1.54, 1.807) is 14.2 Å². The molecule has 6 nitrogen and oxygen atoms in total. The zero-order valence-electron chi connectivity index (χ0n) is 14.1. The molecule has 0 heterocycles. The van der Waals surface area contributed by atoms with Crippen LogP contribution in [0.2, 0.25) is 0 Å². The normalized spacial score (nSPS) is 9.80. The van der Waals surface area contributed by atoms with Gasteiger partial charge in [-0.2, -0.15) is 5.26 Å². The Hall–Kier alpha value is -3.33. The van der Waals surface area contributed by atoms with E-state index in [0.717, 1.165) is 5.56 Å². The summed E-state index contributed by atoms with van der Waals surface area (Å²) in [5, 5.41) is 8.73. The molecule has 25 heavy (non-hydrogen) atoms. The quantitative estimate of drug-likeness (QED) is 0.756. The van der Waals surface area contributed by atoms with E-state index in [2.05, 4.69) is 0 Å². The van der Waals surface area contributed by atoms with Crippen molar-refractivity contribution in [1.82, 2.24) is 4.90 Å². The Morgan fingerprint density at radius 2 is 1.88 bits per heavy atom. The van der Waals surface area contributed by atoms with E-state index < -0.39 is 5.97 Å². The first-order valence-corrected chi connectivity index (χ1v) is 7.57. The molecule has 2 aromatic rings. The second-order valence-electron chi connectivity index (χ2n) is 5.37. The van der Waals surface area contributed by atoms with Gasteiger partial charge in [-0.1, -0.05) is 12.1 Å². The smallest absolute Gasteiger partial charge is 0.338 e. The Morgan fingerprint density at radius 1 is 1.16 bits per heavy atom. The van der Waals surface area contributed by atoms with E-state index >= 15 is 0 Å². The third-order valence-corrected chi connectivity index (χ3v) is 3.56. The van der Waals surface area contributed by atoms with Crippen LogP contribution >= 0.6 is 0 Å². The number of nitrogens with zero attached hydrogens (tertiary/aromatic N) is 2. The van der Waals surface area contributed by atoms with Crippen LogP contribution in [0.3, 0.4) is 0 Å². The number of nitriles is 1. The standard InChI is InChI=1S/C19H18N2O4/c1-21(12-15-4-3-5-17(10-15)24-2)18(22)13-25-19(23)16-8-6-14(11-20)7-9-16/h3-10H,12-13H2,1-2H3. The Balaban J connectivity index is 1.87. The van der Waals surface area contributed by atoms with Gasteiger partial charge in [0.2, 0.25) is 0 Å². The molecule has 6 heteroatoms. The summed E-state index contributed by atoms with van der Waals surface area (Å²) in [5.41, 5.74) is 1.65. The monoisotopic (exact) mass is 338 g/mol. The molecule has 0 saturated carbocycles. The van der Waals surface area contributed by atoms with Crippen LogP contribution in [0.1, 0.15) is 21.5 Å². The number of hydrogen-bond acceptors (Lipinski definition) is 5. The molecule has 0 fully saturated rings. The molecule has 0 aliphatic carbocycles. The van der Waals surface area contributed by atoms with Crippen LogP contribution in [0.4, 0.5) is 0 Å². The molecular formula is C19H18N2O4. The van der Waals surface area contributed by atoms with Gasteiger partial charge < -0.3 is 14.4 Å². The van der Waals surface area contributed by atoms with Crippen molar-refractivity contribution in [2.45, 2.75) is 6.54 Å². The lowest BCUT2D eigenvalue weighted by molar-refractivity contribution is -0.133. The molecule has 2 rings (SSSR count). The number of amides is 1. The van der Waals surface area contributed by atoms with Crippen LogP contribution < -0.4 is 4.74 Å². The van der Waals surface area contributed by atoms with E-state index in [0.29, 0.717) is 23.4 Å². The number of carbonyl (C=O) groups excluding carboxylic acids is 2. The fourth-order valence-corrected chi connectivity index (χ4v) is 2.13. The minimum Gasteiger partial charge on any atom is -0.497 e. The molecule has 0 aromatic heterocycles. The van der Waals surface area contributed by atoms with Crippen LogP contribution in [0.25, 0.3) is 0 Å². The number of benzene rings is 2. The molecule has 0 atom stereocenters. The summed E-state index contributed by atoms with van der Waals surface area (Å²) in [5.74, 6) is -0.206. The Morgan fingerprint density at radius 3 is 2.52 bits per heavy atom. The van der Waals surface area contributed by atoms with Crippen molar-refractivity contribution < 1.29 is 19.1 Å². The maximum Gasteiger partial charge on any atom is 0.338 e. The van der Waals surface area contributed by atoms with E-state index in [4.69, 9.17) is 14.7 Å². The zero-order chi connectivity index (χ0) is 18.2. The molecule has 0 aliphatic rings. The van der Waals surface area contributed by atoms with Crippen molar-refractivity contribution in [3.05, 3.63) is 65.2 Å². The van der Waals surface area contributed by atoms with Crippen LogP contribution in [-0.4, -0.2) is 37.5 Å². The summed E-state index contributed by atoms with van der Waals surface area (Å²) in [6.07, 6.45) is 0. The van der Waals surface area contributed by atoms with Gasteiger partial charge in [-0.15, -0.1) is 0 Å². The SMILES string of the molecule is COc1cccc(CN(C)C(=O)COC(=O)c2ccc(C#N)cc2)c1. The fourth-order valence-electron chi connectivity index (χ4n) is 2.13. The molecule has 0 spiro atoms. The molecular weight excluding hydrogens is 320 g/mol. The van der Waals surface area contributed by atoms with Gasteiger partial charge in [-0.05, 0) is 42.0 Å². The van der Waals surface area contributed by atoms with Crippen LogP contribution in [0.15, 0.2) is 48.5 Å². The van der Waals surface area contributed by atoms with E-state index in [-0.39, 0.29) is 12.5 Å². The van der Waals surface area contributed by atoms with Crippen molar-refractivity contribution in [1.29, 1.82) is 5.26 Å². The first-order valence-electron chi connectivity index (χ1n) is 7.57. The molecule has 0 unspecified atom stereocenters. The van der Waals surface area contributed by atoms with E-state index in [9.17, 15) is 9.59 Å². The minimum atomic E-state index is -0.604. The predicted octanol–water partition coefficient (Wildman–Crippen LogP) is 2.38. The van der Waals surface area contributed by atoms with Crippen LogP contribution in [0.5, 0.6) is 5.75 Å². The van der Waals surface area contributed by atoms with Crippen molar-refractivity contribution in [2.75, 3.05) is 20.8 Å². The molecule has 0 radical (unpaired) electrons. The summed E-state index contributed by atoms with van der Waals surface area (Å²) >= 11 is 0. The van der Waals surface area contributed by atoms with Crippen molar-refractivity contribution in [3.8, 4) is 11.8 Å². The highest BCUT2D eigenvalue weighted by atomic mass is 16.5. The van der Waals surface area contributed by atoms with Gasteiger partial charge in [0, 0.05) is 13.6 Å². The van der Waals surface area contributed by atoms with Crippen LogP contribution in [-0.2, 0) is 16.1 Å². The first kappa shape index (κ1) is 18.0. The maximum absolute atomic E-state index is 12.1. The zero-order valence-corrected chi connectivity index (χ0v) is 14.1. The second kappa shape index (κ2) is 8.50. The molecule has 2 aromatic carbocycles. The van der Waals surface area contributed by atoms with Gasteiger partial charge in [-0.25, -0.2) is 4.79 Å². The lowest BCUT2D eigenvalue weighted by atomic mass is 10.1. The Bertz CT molecular complexity index is 794. The molecule has 0 aliphatic heterocycles.